The van der Waals surface area contributed by atoms with E-state index in [0.29, 0.717) is 35.1 Å². The third-order valence-corrected chi connectivity index (χ3v) is 7.32. The maximum absolute atomic E-state index is 13.3. The number of fused-ring (bicyclic) bond motifs is 1. The smallest absolute Gasteiger partial charge is 0.335 e. The van der Waals surface area contributed by atoms with Crippen LogP contribution < -0.4 is 24.4 Å². The molecule has 4 amide bonds. The van der Waals surface area contributed by atoms with Crippen LogP contribution in [0.4, 0.5) is 10.5 Å². The highest BCUT2D eigenvalue weighted by Gasteiger charge is 2.37. The molecule has 10 heteroatoms. The molecule has 3 aromatic carbocycles. The first-order valence-electron chi connectivity index (χ1n) is 11.2. The zero-order valence-corrected chi connectivity index (χ0v) is 24.1. The van der Waals surface area contributed by atoms with E-state index in [1.165, 1.54) is 6.08 Å². The van der Waals surface area contributed by atoms with Crippen LogP contribution in [0.25, 0.3) is 6.08 Å². The Morgan fingerprint density at radius 2 is 1.62 bits per heavy atom. The summed E-state index contributed by atoms with van der Waals surface area (Å²) < 4.78 is 18.5. The van der Waals surface area contributed by atoms with Crippen molar-refractivity contribution in [3.63, 3.8) is 0 Å². The number of anilines is 1. The Kier molecular flexibility index (Phi) is 7.12. The minimum absolute atomic E-state index is 0.126. The molecule has 188 valence electrons. The van der Waals surface area contributed by atoms with Gasteiger partial charge in [-0.3, -0.25) is 14.9 Å². The van der Waals surface area contributed by atoms with Gasteiger partial charge >= 0.3 is 6.03 Å². The van der Waals surface area contributed by atoms with Gasteiger partial charge in [0, 0.05) is 0 Å². The summed E-state index contributed by atoms with van der Waals surface area (Å²) in [6, 6.07) is 13.9. The molecule has 0 atom stereocenters. The lowest BCUT2D eigenvalue weighted by atomic mass is 10.1. The van der Waals surface area contributed by atoms with Gasteiger partial charge in [0.25, 0.3) is 11.8 Å². The van der Waals surface area contributed by atoms with E-state index in [1.807, 2.05) is 50.2 Å². The average molecular weight is 722 g/mol. The average Bonchev–Trinajstić information content (AvgIpc) is 3.28. The van der Waals surface area contributed by atoms with Crippen LogP contribution in [0, 0.1) is 21.0 Å². The molecule has 1 saturated heterocycles. The number of nitrogens with one attached hydrogen (secondary N) is 1. The van der Waals surface area contributed by atoms with E-state index in [1.54, 1.807) is 12.1 Å². The van der Waals surface area contributed by atoms with Gasteiger partial charge in [-0.15, -0.1) is 0 Å². The number of halogens is 2. The molecular formula is C27H20I2N2O6. The van der Waals surface area contributed by atoms with Gasteiger partial charge in [-0.25, -0.2) is 9.69 Å². The predicted molar refractivity (Wildman–Crippen MR) is 154 cm³/mol. The SMILES string of the molecule is Cc1cc(C)cc(N2C(=O)NC(=O)/C(=C\c3cc(I)c(OCc4ccc5c(c4)OCO5)c(I)c3)C2=O)c1. The Morgan fingerprint density at radius 3 is 2.32 bits per heavy atom. The molecule has 0 radical (unpaired) electrons. The van der Waals surface area contributed by atoms with Crippen molar-refractivity contribution >= 4 is 74.8 Å². The summed E-state index contributed by atoms with van der Waals surface area (Å²) >= 11 is 4.32. The van der Waals surface area contributed by atoms with Gasteiger partial charge in [-0.1, -0.05) is 12.1 Å². The number of carbonyl (C=O) groups excluding carboxylic acids is 3. The standard InChI is InChI=1S/C27H20I2N2O6/c1-14-5-15(2)7-18(6-14)31-26(33)19(25(32)30-27(31)34)8-17-9-20(28)24(21(29)10-17)35-12-16-3-4-22-23(11-16)37-13-36-22/h3-11H,12-13H2,1-2H3,(H,30,32,34)/b19-8+. The molecule has 5 rings (SSSR count). The van der Waals surface area contributed by atoms with Crippen LogP contribution in [0.15, 0.2) is 54.1 Å². The van der Waals surface area contributed by atoms with Crippen LogP contribution in [-0.4, -0.2) is 24.6 Å². The van der Waals surface area contributed by atoms with E-state index in [2.05, 4.69) is 50.5 Å². The molecule has 0 unspecified atom stereocenters. The number of benzene rings is 3. The Hall–Kier alpha value is -3.13. The van der Waals surface area contributed by atoms with Crippen molar-refractivity contribution in [2.75, 3.05) is 11.7 Å². The Bertz CT molecular complexity index is 1460. The summed E-state index contributed by atoms with van der Waals surface area (Å²) in [5.74, 6) is 0.684. The normalized spacial score (nSPS) is 15.8. The van der Waals surface area contributed by atoms with Crippen molar-refractivity contribution in [3.8, 4) is 17.2 Å². The monoisotopic (exact) mass is 722 g/mol. The first-order chi connectivity index (χ1) is 17.7. The molecule has 2 aliphatic rings. The van der Waals surface area contributed by atoms with E-state index in [4.69, 9.17) is 14.2 Å². The highest BCUT2D eigenvalue weighted by molar-refractivity contribution is 14.1. The largest absolute Gasteiger partial charge is 0.487 e. The number of barbiturate groups is 1. The van der Waals surface area contributed by atoms with Crippen molar-refractivity contribution in [3.05, 3.63) is 83.5 Å². The molecule has 0 saturated carbocycles. The maximum atomic E-state index is 13.3. The summed E-state index contributed by atoms with van der Waals surface area (Å²) in [6.45, 7) is 4.30. The van der Waals surface area contributed by atoms with Gasteiger partial charge in [0.15, 0.2) is 11.5 Å². The number of carbonyl (C=O) groups is 3. The first-order valence-corrected chi connectivity index (χ1v) is 13.4. The molecule has 1 fully saturated rings. The highest BCUT2D eigenvalue weighted by Crippen LogP contribution is 2.34. The third-order valence-electron chi connectivity index (χ3n) is 5.72. The fraction of sp³-hybridized carbons (Fsp3) is 0.148. The van der Waals surface area contributed by atoms with Crippen molar-refractivity contribution in [1.82, 2.24) is 5.32 Å². The minimum Gasteiger partial charge on any atom is -0.487 e. The summed E-state index contributed by atoms with van der Waals surface area (Å²) in [7, 11) is 0. The Balaban J connectivity index is 1.39. The lowest BCUT2D eigenvalue weighted by molar-refractivity contribution is -0.122. The van der Waals surface area contributed by atoms with Gasteiger partial charge in [-0.2, -0.15) is 0 Å². The van der Waals surface area contributed by atoms with Crippen molar-refractivity contribution < 1.29 is 28.6 Å². The van der Waals surface area contributed by atoms with Gasteiger partial charge in [0.1, 0.15) is 17.9 Å². The van der Waals surface area contributed by atoms with Gasteiger partial charge < -0.3 is 14.2 Å². The van der Waals surface area contributed by atoms with Crippen LogP contribution in [0.5, 0.6) is 17.2 Å². The molecule has 0 aromatic heterocycles. The van der Waals surface area contributed by atoms with Crippen LogP contribution in [-0.2, 0) is 16.2 Å². The second-order valence-electron chi connectivity index (χ2n) is 8.59. The highest BCUT2D eigenvalue weighted by atomic mass is 127. The molecule has 8 nitrogen and oxygen atoms in total. The molecule has 2 aliphatic heterocycles. The molecule has 0 aliphatic carbocycles. The van der Waals surface area contributed by atoms with Crippen LogP contribution >= 0.6 is 45.2 Å². The molecule has 2 heterocycles. The quantitative estimate of drug-likeness (QED) is 0.213. The topological polar surface area (TPSA) is 94.2 Å². The molecule has 0 bridgehead atoms. The number of amides is 4. The summed E-state index contributed by atoms with van der Waals surface area (Å²) in [4.78, 5) is 39.4. The number of imide groups is 2. The number of aryl methyl sites for hydroxylation is 2. The second kappa shape index (κ2) is 10.3. The van der Waals surface area contributed by atoms with E-state index < -0.39 is 17.8 Å². The number of rotatable bonds is 5. The van der Waals surface area contributed by atoms with E-state index >= 15 is 0 Å². The first kappa shape index (κ1) is 25.5. The maximum Gasteiger partial charge on any atom is 0.335 e. The fourth-order valence-corrected chi connectivity index (χ4v) is 6.25. The second-order valence-corrected chi connectivity index (χ2v) is 10.9. The zero-order valence-electron chi connectivity index (χ0n) is 19.8. The van der Waals surface area contributed by atoms with Crippen molar-refractivity contribution in [2.45, 2.75) is 20.5 Å². The zero-order chi connectivity index (χ0) is 26.3. The number of hydrogen-bond donors (Lipinski definition) is 1. The number of nitrogens with zero attached hydrogens (tertiary/aromatic N) is 1. The third kappa shape index (κ3) is 5.30. The molecule has 0 spiro atoms. The van der Waals surface area contributed by atoms with Crippen LogP contribution in [0.3, 0.4) is 0 Å². The molecule has 1 N–H and O–H groups in total. The van der Waals surface area contributed by atoms with Gasteiger partial charge in [-0.05, 0) is 124 Å². The van der Waals surface area contributed by atoms with Crippen molar-refractivity contribution in [2.24, 2.45) is 0 Å². The molecule has 37 heavy (non-hydrogen) atoms. The van der Waals surface area contributed by atoms with Gasteiger partial charge in [0.2, 0.25) is 6.79 Å². The minimum atomic E-state index is -0.770. The summed E-state index contributed by atoms with van der Waals surface area (Å²) in [5, 5.41) is 2.28. The Labute approximate surface area is 240 Å². The van der Waals surface area contributed by atoms with Gasteiger partial charge in [0.05, 0.1) is 12.8 Å². The van der Waals surface area contributed by atoms with Crippen molar-refractivity contribution in [1.29, 1.82) is 0 Å². The fourth-order valence-electron chi connectivity index (χ4n) is 4.13. The van der Waals surface area contributed by atoms with Crippen LogP contribution in [0.2, 0.25) is 0 Å². The number of hydrogen-bond acceptors (Lipinski definition) is 6. The number of urea groups is 1. The molecular weight excluding hydrogens is 702 g/mol. The van der Waals surface area contributed by atoms with E-state index in [-0.39, 0.29) is 12.4 Å². The molecule has 3 aromatic rings. The summed E-state index contributed by atoms with van der Waals surface area (Å²) in [5.41, 5.74) is 3.66. The van der Waals surface area contributed by atoms with E-state index in [9.17, 15) is 14.4 Å². The predicted octanol–water partition coefficient (Wildman–Crippen LogP) is 5.49. The lowest BCUT2D eigenvalue weighted by Crippen LogP contribution is -2.54. The van der Waals surface area contributed by atoms with Crippen LogP contribution in [0.1, 0.15) is 22.3 Å². The Morgan fingerprint density at radius 1 is 0.946 bits per heavy atom. The van der Waals surface area contributed by atoms with E-state index in [0.717, 1.165) is 28.7 Å². The number of ether oxygens (including phenoxy) is 3. The summed E-state index contributed by atoms with van der Waals surface area (Å²) in [6.07, 6.45) is 1.49. The lowest BCUT2D eigenvalue weighted by Gasteiger charge is -2.27.